The summed E-state index contributed by atoms with van der Waals surface area (Å²) >= 11 is 0. The molecule has 0 amide bonds. The van der Waals surface area contributed by atoms with Crippen LogP contribution in [0.2, 0.25) is 0 Å². The van der Waals surface area contributed by atoms with Crippen LogP contribution in [0.4, 0.5) is 0 Å². The molecular formula is C14H22N2O2. The van der Waals surface area contributed by atoms with Gasteiger partial charge in [-0.05, 0) is 12.8 Å². The van der Waals surface area contributed by atoms with Crippen LogP contribution in [0.1, 0.15) is 45.9 Å². The van der Waals surface area contributed by atoms with E-state index in [-0.39, 0.29) is 17.5 Å². The molecule has 1 aromatic rings. The van der Waals surface area contributed by atoms with Crippen LogP contribution in [-0.4, -0.2) is 21.6 Å². The van der Waals surface area contributed by atoms with Gasteiger partial charge in [-0.25, -0.2) is 4.98 Å². The number of ether oxygens (including phenoxy) is 1. The number of carbonyl (C=O) groups is 1. The van der Waals surface area contributed by atoms with Gasteiger partial charge in [0.1, 0.15) is 11.9 Å². The van der Waals surface area contributed by atoms with Gasteiger partial charge in [0.05, 0.1) is 12.0 Å². The topological polar surface area (TPSA) is 44.1 Å². The Balaban J connectivity index is 2.07. The Kier molecular flexibility index (Phi) is 3.73. The first kappa shape index (κ1) is 13.1. The van der Waals surface area contributed by atoms with Crippen LogP contribution < -0.4 is 0 Å². The van der Waals surface area contributed by atoms with Gasteiger partial charge in [0.25, 0.3) is 0 Å². The third kappa shape index (κ3) is 2.16. The van der Waals surface area contributed by atoms with Gasteiger partial charge in [-0.1, -0.05) is 20.8 Å². The van der Waals surface area contributed by atoms with Crippen molar-refractivity contribution in [2.24, 2.45) is 5.41 Å². The first-order chi connectivity index (χ1) is 8.65. The molecule has 4 heteroatoms. The Hall–Kier alpha value is -1.32. The van der Waals surface area contributed by atoms with Gasteiger partial charge < -0.3 is 9.30 Å². The SMILES string of the molecule is CCc1nccn1CC1CC(CC)(CC)C(=O)O1. The van der Waals surface area contributed by atoms with Crippen molar-refractivity contribution in [2.75, 3.05) is 0 Å². The van der Waals surface area contributed by atoms with Gasteiger partial charge in [0.15, 0.2) is 0 Å². The molecule has 100 valence electrons. The fourth-order valence-corrected chi connectivity index (χ4v) is 2.81. The van der Waals surface area contributed by atoms with Crippen molar-refractivity contribution >= 4 is 5.97 Å². The lowest BCUT2D eigenvalue weighted by Crippen LogP contribution is -2.24. The Labute approximate surface area is 108 Å². The first-order valence-corrected chi connectivity index (χ1v) is 6.86. The van der Waals surface area contributed by atoms with Crippen LogP contribution in [0, 0.1) is 5.41 Å². The fourth-order valence-electron chi connectivity index (χ4n) is 2.81. The van der Waals surface area contributed by atoms with Crippen molar-refractivity contribution in [1.82, 2.24) is 9.55 Å². The maximum absolute atomic E-state index is 12.0. The highest BCUT2D eigenvalue weighted by molar-refractivity contribution is 5.78. The van der Waals surface area contributed by atoms with Gasteiger partial charge in [0, 0.05) is 25.2 Å². The van der Waals surface area contributed by atoms with Gasteiger partial charge in [-0.2, -0.15) is 0 Å². The predicted molar refractivity (Wildman–Crippen MR) is 69.1 cm³/mol. The summed E-state index contributed by atoms with van der Waals surface area (Å²) in [6.45, 7) is 6.96. The summed E-state index contributed by atoms with van der Waals surface area (Å²) in [7, 11) is 0. The highest BCUT2D eigenvalue weighted by atomic mass is 16.6. The second kappa shape index (κ2) is 5.12. The van der Waals surface area contributed by atoms with Crippen molar-refractivity contribution in [3.8, 4) is 0 Å². The molecule has 0 N–H and O–H groups in total. The Morgan fingerprint density at radius 3 is 2.72 bits per heavy atom. The van der Waals surface area contributed by atoms with Crippen molar-refractivity contribution in [1.29, 1.82) is 0 Å². The minimum absolute atomic E-state index is 0.00287. The molecule has 0 bridgehead atoms. The molecule has 1 aromatic heterocycles. The molecule has 0 aliphatic carbocycles. The van der Waals surface area contributed by atoms with Crippen LogP contribution in [0.25, 0.3) is 0 Å². The largest absolute Gasteiger partial charge is 0.460 e. The van der Waals surface area contributed by atoms with E-state index in [0.717, 1.165) is 38.1 Å². The van der Waals surface area contributed by atoms with Crippen molar-refractivity contribution in [3.63, 3.8) is 0 Å². The molecule has 1 saturated heterocycles. The van der Waals surface area contributed by atoms with Crippen molar-refractivity contribution in [3.05, 3.63) is 18.2 Å². The minimum atomic E-state index is -0.252. The number of hydrogen-bond acceptors (Lipinski definition) is 3. The van der Waals surface area contributed by atoms with Gasteiger partial charge in [-0.3, -0.25) is 4.79 Å². The average Bonchev–Trinajstić information content (AvgIpc) is 2.94. The molecule has 0 aromatic carbocycles. The van der Waals surface area contributed by atoms with Crippen LogP contribution in [0.15, 0.2) is 12.4 Å². The second-order valence-corrected chi connectivity index (χ2v) is 5.07. The highest BCUT2D eigenvalue weighted by Crippen LogP contribution is 2.40. The third-order valence-electron chi connectivity index (χ3n) is 4.20. The Morgan fingerprint density at radius 2 is 2.17 bits per heavy atom. The zero-order valence-electron chi connectivity index (χ0n) is 11.5. The van der Waals surface area contributed by atoms with Crippen LogP contribution >= 0.6 is 0 Å². The summed E-state index contributed by atoms with van der Waals surface area (Å²) in [5.74, 6) is 1.03. The molecule has 0 spiro atoms. The van der Waals surface area contributed by atoms with Crippen LogP contribution in [0.3, 0.4) is 0 Å². The molecule has 4 nitrogen and oxygen atoms in total. The molecule has 1 aliphatic heterocycles. The molecule has 1 aliphatic rings. The van der Waals surface area contributed by atoms with Crippen molar-refractivity contribution in [2.45, 2.75) is 59.1 Å². The Bertz CT molecular complexity index is 421. The summed E-state index contributed by atoms with van der Waals surface area (Å²) in [6.07, 6.45) is 7.23. The molecule has 18 heavy (non-hydrogen) atoms. The normalized spacial score (nSPS) is 22.2. The zero-order chi connectivity index (χ0) is 13.2. The molecule has 0 radical (unpaired) electrons. The number of carbonyl (C=O) groups excluding carboxylic acids is 1. The number of aromatic nitrogens is 2. The van der Waals surface area contributed by atoms with E-state index >= 15 is 0 Å². The first-order valence-electron chi connectivity index (χ1n) is 6.86. The maximum Gasteiger partial charge on any atom is 0.312 e. The monoisotopic (exact) mass is 250 g/mol. The summed E-state index contributed by atoms with van der Waals surface area (Å²) < 4.78 is 7.64. The zero-order valence-corrected chi connectivity index (χ0v) is 11.5. The van der Waals surface area contributed by atoms with E-state index in [0.29, 0.717) is 0 Å². The summed E-state index contributed by atoms with van der Waals surface area (Å²) in [4.78, 5) is 16.3. The maximum atomic E-state index is 12.0. The van der Waals surface area contributed by atoms with Crippen molar-refractivity contribution < 1.29 is 9.53 Å². The minimum Gasteiger partial charge on any atom is -0.460 e. The number of imidazole rings is 1. The Morgan fingerprint density at radius 1 is 1.44 bits per heavy atom. The number of aryl methyl sites for hydroxylation is 1. The van der Waals surface area contributed by atoms with E-state index in [2.05, 4.69) is 30.3 Å². The molecule has 2 heterocycles. The lowest BCUT2D eigenvalue weighted by atomic mass is 9.80. The number of hydrogen-bond donors (Lipinski definition) is 0. The number of nitrogens with zero attached hydrogens (tertiary/aromatic N) is 2. The fraction of sp³-hybridized carbons (Fsp3) is 0.714. The van der Waals surface area contributed by atoms with Crippen LogP contribution in [0.5, 0.6) is 0 Å². The third-order valence-corrected chi connectivity index (χ3v) is 4.20. The van der Waals surface area contributed by atoms with Gasteiger partial charge >= 0.3 is 5.97 Å². The molecule has 1 atom stereocenters. The second-order valence-electron chi connectivity index (χ2n) is 5.07. The predicted octanol–water partition coefficient (Wildman–Crippen LogP) is 2.57. The molecule has 1 fully saturated rings. The molecule has 1 unspecified atom stereocenters. The van der Waals surface area contributed by atoms with Gasteiger partial charge in [-0.15, -0.1) is 0 Å². The molecule has 0 saturated carbocycles. The number of esters is 1. The van der Waals surface area contributed by atoms with E-state index in [1.807, 2.05) is 12.4 Å². The summed E-state index contributed by atoms with van der Waals surface area (Å²) in [6, 6.07) is 0. The van der Waals surface area contributed by atoms with Crippen LogP contribution in [-0.2, 0) is 22.5 Å². The standard InChI is InChI=1S/C14H22N2O2/c1-4-12-15-7-8-16(12)10-11-9-14(5-2,6-3)13(17)18-11/h7-8,11H,4-6,9-10H2,1-3H3. The highest BCUT2D eigenvalue weighted by Gasteiger charge is 2.46. The number of cyclic esters (lactones) is 1. The number of rotatable bonds is 5. The lowest BCUT2D eigenvalue weighted by molar-refractivity contribution is -0.149. The average molecular weight is 250 g/mol. The lowest BCUT2D eigenvalue weighted by Gasteiger charge is -2.20. The summed E-state index contributed by atoms with van der Waals surface area (Å²) in [5.41, 5.74) is -0.252. The van der Waals surface area contributed by atoms with E-state index in [4.69, 9.17) is 4.74 Å². The van der Waals surface area contributed by atoms with E-state index in [1.165, 1.54) is 0 Å². The smallest absolute Gasteiger partial charge is 0.312 e. The molecule has 2 rings (SSSR count). The van der Waals surface area contributed by atoms with Gasteiger partial charge in [0.2, 0.25) is 0 Å². The van der Waals surface area contributed by atoms with E-state index in [9.17, 15) is 4.79 Å². The van der Waals surface area contributed by atoms with E-state index in [1.54, 1.807) is 0 Å². The molecular weight excluding hydrogens is 228 g/mol. The van der Waals surface area contributed by atoms with E-state index < -0.39 is 0 Å². The summed E-state index contributed by atoms with van der Waals surface area (Å²) in [5, 5.41) is 0. The quantitative estimate of drug-likeness (QED) is 0.754.